The van der Waals surface area contributed by atoms with E-state index in [4.69, 9.17) is 11.6 Å². The van der Waals surface area contributed by atoms with Crippen molar-refractivity contribution in [1.82, 2.24) is 9.97 Å². The van der Waals surface area contributed by atoms with Gasteiger partial charge in [0, 0.05) is 24.2 Å². The fraction of sp³-hybridized carbons (Fsp3) is 0.692. The number of nitrogens with zero attached hydrogens (tertiary/aromatic N) is 2. The van der Waals surface area contributed by atoms with Gasteiger partial charge >= 0.3 is 0 Å². The minimum absolute atomic E-state index is 0.594. The summed E-state index contributed by atoms with van der Waals surface area (Å²) in [6.45, 7) is 7.16. The van der Waals surface area contributed by atoms with Gasteiger partial charge in [-0.05, 0) is 32.1 Å². The SMILES string of the molecule is CCc1cc(NCCCC(C)CCl)nc(C)n1. The van der Waals surface area contributed by atoms with E-state index in [9.17, 15) is 0 Å². The molecule has 1 aromatic rings. The first-order valence-corrected chi connectivity index (χ1v) is 6.83. The fourth-order valence-electron chi connectivity index (χ4n) is 1.65. The summed E-state index contributed by atoms with van der Waals surface area (Å²) in [4.78, 5) is 8.72. The molecule has 0 amide bonds. The molecule has 0 aliphatic rings. The number of rotatable bonds is 7. The van der Waals surface area contributed by atoms with Crippen molar-refractivity contribution < 1.29 is 0 Å². The highest BCUT2D eigenvalue weighted by atomic mass is 35.5. The first kappa shape index (κ1) is 14.2. The van der Waals surface area contributed by atoms with Crippen LogP contribution in [0.2, 0.25) is 0 Å². The second-order valence-electron chi connectivity index (χ2n) is 4.47. The molecule has 3 nitrogen and oxygen atoms in total. The van der Waals surface area contributed by atoms with Crippen LogP contribution >= 0.6 is 11.6 Å². The van der Waals surface area contributed by atoms with E-state index in [1.165, 1.54) is 0 Å². The van der Waals surface area contributed by atoms with Gasteiger partial charge in [-0.2, -0.15) is 0 Å². The molecule has 1 unspecified atom stereocenters. The van der Waals surface area contributed by atoms with Crippen molar-refractivity contribution in [1.29, 1.82) is 0 Å². The van der Waals surface area contributed by atoms with E-state index in [1.807, 2.05) is 13.0 Å². The number of anilines is 1. The van der Waals surface area contributed by atoms with Crippen LogP contribution in [-0.2, 0) is 6.42 Å². The lowest BCUT2D eigenvalue weighted by molar-refractivity contribution is 0.572. The molecule has 1 atom stereocenters. The first-order chi connectivity index (χ1) is 8.15. The number of alkyl halides is 1. The molecule has 0 radical (unpaired) electrons. The van der Waals surface area contributed by atoms with Crippen LogP contribution in [0.5, 0.6) is 0 Å². The third-order valence-electron chi connectivity index (χ3n) is 2.70. The van der Waals surface area contributed by atoms with Crippen molar-refractivity contribution in [3.05, 3.63) is 17.6 Å². The molecule has 96 valence electrons. The average Bonchev–Trinajstić information content (AvgIpc) is 2.33. The zero-order valence-electron chi connectivity index (χ0n) is 11.0. The Labute approximate surface area is 109 Å². The molecule has 0 bridgehead atoms. The molecule has 0 saturated heterocycles. The van der Waals surface area contributed by atoms with Crippen molar-refractivity contribution in [2.75, 3.05) is 17.7 Å². The molecular formula is C13H22ClN3. The number of nitrogens with one attached hydrogen (secondary N) is 1. The normalized spacial score (nSPS) is 12.5. The van der Waals surface area contributed by atoms with Crippen LogP contribution in [0.3, 0.4) is 0 Å². The number of hydrogen-bond acceptors (Lipinski definition) is 3. The predicted octanol–water partition coefficient (Wildman–Crippen LogP) is 3.41. The maximum atomic E-state index is 5.77. The summed E-state index contributed by atoms with van der Waals surface area (Å²) in [5, 5.41) is 3.35. The minimum Gasteiger partial charge on any atom is -0.370 e. The van der Waals surface area contributed by atoms with E-state index < -0.39 is 0 Å². The molecule has 1 aromatic heterocycles. The predicted molar refractivity (Wildman–Crippen MR) is 73.8 cm³/mol. The quantitative estimate of drug-likeness (QED) is 0.599. The monoisotopic (exact) mass is 255 g/mol. The van der Waals surface area contributed by atoms with Crippen molar-refractivity contribution in [2.24, 2.45) is 5.92 Å². The summed E-state index contributed by atoms with van der Waals surface area (Å²) >= 11 is 5.77. The lowest BCUT2D eigenvalue weighted by atomic mass is 10.1. The van der Waals surface area contributed by atoms with Crippen molar-refractivity contribution >= 4 is 17.4 Å². The summed E-state index contributed by atoms with van der Waals surface area (Å²) in [6.07, 6.45) is 3.22. The largest absolute Gasteiger partial charge is 0.370 e. The van der Waals surface area contributed by atoms with Crippen molar-refractivity contribution in [2.45, 2.75) is 40.0 Å². The van der Waals surface area contributed by atoms with Gasteiger partial charge in [0.2, 0.25) is 0 Å². The summed E-state index contributed by atoms with van der Waals surface area (Å²) in [5.41, 5.74) is 1.09. The Balaban J connectivity index is 2.38. The Morgan fingerprint density at radius 3 is 2.82 bits per heavy atom. The van der Waals surface area contributed by atoms with Gasteiger partial charge in [-0.25, -0.2) is 9.97 Å². The number of halogens is 1. The maximum Gasteiger partial charge on any atom is 0.129 e. The fourth-order valence-corrected chi connectivity index (χ4v) is 1.80. The van der Waals surface area contributed by atoms with Gasteiger partial charge in [0.25, 0.3) is 0 Å². The molecule has 17 heavy (non-hydrogen) atoms. The Kier molecular flexibility index (Phi) is 6.27. The third kappa shape index (κ3) is 5.35. The van der Waals surface area contributed by atoms with E-state index in [-0.39, 0.29) is 0 Å². The zero-order valence-corrected chi connectivity index (χ0v) is 11.7. The van der Waals surface area contributed by atoms with Gasteiger partial charge in [0.05, 0.1) is 0 Å². The Morgan fingerprint density at radius 1 is 1.41 bits per heavy atom. The molecule has 0 spiro atoms. The zero-order chi connectivity index (χ0) is 12.7. The Hall–Kier alpha value is -0.830. The van der Waals surface area contributed by atoms with Crippen molar-refractivity contribution in [3.8, 4) is 0 Å². The number of hydrogen-bond donors (Lipinski definition) is 1. The van der Waals surface area contributed by atoms with E-state index in [0.29, 0.717) is 5.92 Å². The molecule has 0 fully saturated rings. The molecule has 0 aliphatic carbocycles. The highest BCUT2D eigenvalue weighted by molar-refractivity contribution is 6.18. The van der Waals surface area contributed by atoms with Crippen LogP contribution in [0, 0.1) is 12.8 Å². The second kappa shape index (κ2) is 7.49. The molecule has 0 saturated carbocycles. The molecule has 1 rings (SSSR count). The minimum atomic E-state index is 0.594. The van der Waals surface area contributed by atoms with Crippen LogP contribution in [0.25, 0.3) is 0 Å². The van der Waals surface area contributed by atoms with E-state index in [2.05, 4.69) is 29.1 Å². The summed E-state index contributed by atoms with van der Waals surface area (Å²) < 4.78 is 0. The summed E-state index contributed by atoms with van der Waals surface area (Å²) in [6, 6.07) is 2.03. The number of aryl methyl sites for hydroxylation is 2. The van der Waals surface area contributed by atoms with Gasteiger partial charge in [-0.15, -0.1) is 11.6 Å². The lowest BCUT2D eigenvalue weighted by Gasteiger charge is -2.09. The van der Waals surface area contributed by atoms with E-state index >= 15 is 0 Å². The summed E-state index contributed by atoms with van der Waals surface area (Å²) in [7, 11) is 0. The lowest BCUT2D eigenvalue weighted by Crippen LogP contribution is -2.08. The van der Waals surface area contributed by atoms with Crippen molar-refractivity contribution in [3.63, 3.8) is 0 Å². The highest BCUT2D eigenvalue weighted by Crippen LogP contribution is 2.10. The molecule has 0 aliphatic heterocycles. The first-order valence-electron chi connectivity index (χ1n) is 6.30. The number of aromatic nitrogens is 2. The van der Waals surface area contributed by atoms with E-state index in [0.717, 1.165) is 49.0 Å². The second-order valence-corrected chi connectivity index (χ2v) is 4.78. The molecule has 1 heterocycles. The van der Waals surface area contributed by atoms with Crippen LogP contribution in [0.1, 0.15) is 38.2 Å². The van der Waals surface area contributed by atoms with Crippen LogP contribution in [0.15, 0.2) is 6.07 Å². The van der Waals surface area contributed by atoms with Gasteiger partial charge in [-0.1, -0.05) is 13.8 Å². The van der Waals surface area contributed by atoms with Crippen LogP contribution in [0.4, 0.5) is 5.82 Å². The van der Waals surface area contributed by atoms with Crippen LogP contribution < -0.4 is 5.32 Å². The van der Waals surface area contributed by atoms with Crippen LogP contribution in [-0.4, -0.2) is 22.4 Å². The smallest absolute Gasteiger partial charge is 0.129 e. The highest BCUT2D eigenvalue weighted by Gasteiger charge is 2.01. The Bertz CT molecular complexity index is 341. The van der Waals surface area contributed by atoms with E-state index in [1.54, 1.807) is 0 Å². The molecule has 0 aromatic carbocycles. The molecule has 4 heteroatoms. The topological polar surface area (TPSA) is 37.8 Å². The summed E-state index contributed by atoms with van der Waals surface area (Å²) in [5.74, 6) is 3.11. The Morgan fingerprint density at radius 2 is 2.18 bits per heavy atom. The molecular weight excluding hydrogens is 234 g/mol. The van der Waals surface area contributed by atoms with Gasteiger partial charge in [0.1, 0.15) is 11.6 Å². The molecule has 1 N–H and O–H groups in total. The average molecular weight is 256 g/mol. The van der Waals surface area contributed by atoms with Gasteiger partial charge in [0.15, 0.2) is 0 Å². The third-order valence-corrected chi connectivity index (χ3v) is 3.22. The standard InChI is InChI=1S/C13H22ClN3/c1-4-12-8-13(17-11(3)16-12)15-7-5-6-10(2)9-14/h8,10H,4-7,9H2,1-3H3,(H,15,16,17). The van der Waals surface area contributed by atoms with Gasteiger partial charge in [-0.3, -0.25) is 0 Å². The maximum absolute atomic E-state index is 5.77. The van der Waals surface area contributed by atoms with Gasteiger partial charge < -0.3 is 5.32 Å².